The van der Waals surface area contributed by atoms with Gasteiger partial charge in [-0.05, 0) is 29.8 Å². The Hall–Kier alpha value is -3.47. The molecule has 2 aromatic carbocycles. The Labute approximate surface area is 150 Å². The third-order valence-corrected chi connectivity index (χ3v) is 4.21. The summed E-state index contributed by atoms with van der Waals surface area (Å²) in [7, 11) is 1.60. The molecule has 0 aliphatic carbocycles. The normalized spacial score (nSPS) is 10.8. The summed E-state index contributed by atoms with van der Waals surface area (Å²) < 4.78 is 6.90. The number of pyridine rings is 1. The lowest BCUT2D eigenvalue weighted by Crippen LogP contribution is -2.25. The summed E-state index contributed by atoms with van der Waals surface area (Å²) in [6, 6.07) is 20.9. The maximum Gasteiger partial charge on any atom is 0.278 e. The Morgan fingerprint density at radius 1 is 1.00 bits per heavy atom. The largest absolute Gasteiger partial charge is 0.497 e. The minimum Gasteiger partial charge on any atom is -0.497 e. The number of nitrogens with zero attached hydrogens (tertiary/aromatic N) is 3. The van der Waals surface area contributed by atoms with E-state index in [1.807, 2.05) is 66.7 Å². The summed E-state index contributed by atoms with van der Waals surface area (Å²) in [4.78, 5) is 22.2. The standard InChI is InChI=1S/C21H17N3O2/c1-26-17-10-5-9-16(14-17)24-20-18(11-6-12-22-20)23-19(21(24)25)13-15-7-3-2-4-8-15/h2-12,14H,13H2,1H3. The van der Waals surface area contributed by atoms with Crippen molar-refractivity contribution in [3.8, 4) is 11.4 Å². The molecule has 2 aromatic heterocycles. The first-order valence-electron chi connectivity index (χ1n) is 8.31. The van der Waals surface area contributed by atoms with Crippen molar-refractivity contribution in [3.63, 3.8) is 0 Å². The fraction of sp³-hybridized carbons (Fsp3) is 0.0952. The molecule has 26 heavy (non-hydrogen) atoms. The van der Waals surface area contributed by atoms with E-state index in [1.54, 1.807) is 17.9 Å². The van der Waals surface area contributed by atoms with Gasteiger partial charge in [0, 0.05) is 18.7 Å². The number of rotatable bonds is 4. The maximum atomic E-state index is 13.2. The molecule has 2 heterocycles. The van der Waals surface area contributed by atoms with Crippen molar-refractivity contribution in [2.24, 2.45) is 0 Å². The molecule has 4 aromatic rings. The molecule has 128 valence electrons. The van der Waals surface area contributed by atoms with Crippen LogP contribution in [0.4, 0.5) is 0 Å². The van der Waals surface area contributed by atoms with Crippen molar-refractivity contribution in [1.29, 1.82) is 0 Å². The Bertz CT molecular complexity index is 1120. The van der Waals surface area contributed by atoms with Crippen LogP contribution >= 0.6 is 0 Å². The van der Waals surface area contributed by atoms with E-state index in [9.17, 15) is 4.79 Å². The minimum absolute atomic E-state index is 0.173. The van der Waals surface area contributed by atoms with Gasteiger partial charge in [0.1, 0.15) is 17.0 Å². The smallest absolute Gasteiger partial charge is 0.278 e. The van der Waals surface area contributed by atoms with Gasteiger partial charge in [-0.25, -0.2) is 9.97 Å². The van der Waals surface area contributed by atoms with E-state index in [0.717, 1.165) is 5.56 Å². The number of aromatic nitrogens is 3. The quantitative estimate of drug-likeness (QED) is 0.570. The molecule has 4 rings (SSSR count). The van der Waals surface area contributed by atoms with E-state index >= 15 is 0 Å². The van der Waals surface area contributed by atoms with Gasteiger partial charge in [0.25, 0.3) is 5.56 Å². The van der Waals surface area contributed by atoms with Crippen molar-refractivity contribution in [2.75, 3.05) is 7.11 Å². The summed E-state index contributed by atoms with van der Waals surface area (Å²) in [5.74, 6) is 0.680. The molecule has 0 aliphatic rings. The fourth-order valence-electron chi connectivity index (χ4n) is 2.96. The van der Waals surface area contributed by atoms with Gasteiger partial charge in [-0.15, -0.1) is 0 Å². The zero-order valence-electron chi connectivity index (χ0n) is 14.3. The predicted molar refractivity (Wildman–Crippen MR) is 101 cm³/mol. The lowest BCUT2D eigenvalue weighted by Gasteiger charge is -2.12. The van der Waals surface area contributed by atoms with E-state index in [-0.39, 0.29) is 5.56 Å². The van der Waals surface area contributed by atoms with E-state index in [4.69, 9.17) is 4.74 Å². The van der Waals surface area contributed by atoms with Gasteiger partial charge < -0.3 is 4.74 Å². The lowest BCUT2D eigenvalue weighted by atomic mass is 10.1. The van der Waals surface area contributed by atoms with Crippen molar-refractivity contribution in [1.82, 2.24) is 14.5 Å². The molecule has 0 spiro atoms. The summed E-state index contributed by atoms with van der Waals surface area (Å²) in [6.45, 7) is 0. The number of ether oxygens (including phenoxy) is 1. The SMILES string of the molecule is COc1cccc(-n2c(=O)c(Cc3ccccc3)nc3cccnc32)c1. The predicted octanol–water partition coefficient (Wildman–Crippen LogP) is 3.38. The van der Waals surface area contributed by atoms with Gasteiger partial charge in [0.2, 0.25) is 0 Å². The lowest BCUT2D eigenvalue weighted by molar-refractivity contribution is 0.414. The Morgan fingerprint density at radius 3 is 2.65 bits per heavy atom. The van der Waals surface area contributed by atoms with Crippen molar-refractivity contribution in [3.05, 3.63) is 94.5 Å². The fourth-order valence-corrected chi connectivity index (χ4v) is 2.96. The van der Waals surface area contributed by atoms with Gasteiger partial charge in [0.05, 0.1) is 12.8 Å². The van der Waals surface area contributed by atoms with Gasteiger partial charge in [-0.3, -0.25) is 9.36 Å². The second-order valence-electron chi connectivity index (χ2n) is 5.91. The third-order valence-electron chi connectivity index (χ3n) is 4.21. The summed E-state index contributed by atoms with van der Waals surface area (Å²) in [5, 5.41) is 0. The monoisotopic (exact) mass is 343 g/mol. The number of hydrogen-bond acceptors (Lipinski definition) is 4. The molecule has 0 saturated carbocycles. The van der Waals surface area contributed by atoms with Crippen LogP contribution < -0.4 is 10.3 Å². The van der Waals surface area contributed by atoms with Crippen molar-refractivity contribution >= 4 is 11.2 Å². The number of hydrogen-bond donors (Lipinski definition) is 0. The highest BCUT2D eigenvalue weighted by molar-refractivity contribution is 5.72. The topological polar surface area (TPSA) is 57.0 Å². The maximum absolute atomic E-state index is 13.2. The van der Waals surface area contributed by atoms with Crippen molar-refractivity contribution < 1.29 is 4.74 Å². The second kappa shape index (κ2) is 6.80. The summed E-state index contributed by atoms with van der Waals surface area (Å²) in [5.41, 5.74) is 3.27. The van der Waals surface area contributed by atoms with Crippen LogP contribution in [0.2, 0.25) is 0 Å². The summed E-state index contributed by atoms with van der Waals surface area (Å²) >= 11 is 0. The molecule has 0 atom stereocenters. The van der Waals surface area contributed by atoms with Crippen LogP contribution in [0.25, 0.3) is 16.9 Å². The molecule has 0 unspecified atom stereocenters. The molecule has 0 saturated heterocycles. The molecule has 5 nitrogen and oxygen atoms in total. The molecule has 0 fully saturated rings. The number of fused-ring (bicyclic) bond motifs is 1. The zero-order valence-corrected chi connectivity index (χ0v) is 14.3. The molecule has 0 aliphatic heterocycles. The number of methoxy groups -OCH3 is 1. The van der Waals surface area contributed by atoms with E-state index in [0.29, 0.717) is 34.7 Å². The van der Waals surface area contributed by atoms with Crippen molar-refractivity contribution in [2.45, 2.75) is 6.42 Å². The molecule has 0 radical (unpaired) electrons. The highest BCUT2D eigenvalue weighted by Gasteiger charge is 2.14. The van der Waals surface area contributed by atoms with E-state index in [2.05, 4.69) is 9.97 Å². The van der Waals surface area contributed by atoms with Gasteiger partial charge in [-0.1, -0.05) is 36.4 Å². The first-order chi connectivity index (χ1) is 12.8. The van der Waals surface area contributed by atoms with Crippen LogP contribution in [0.5, 0.6) is 5.75 Å². The van der Waals surface area contributed by atoms with Crippen LogP contribution in [0.1, 0.15) is 11.3 Å². The Kier molecular flexibility index (Phi) is 4.19. The second-order valence-corrected chi connectivity index (χ2v) is 5.91. The first-order valence-corrected chi connectivity index (χ1v) is 8.31. The molecule has 5 heteroatoms. The average molecular weight is 343 g/mol. The Balaban J connectivity index is 1.95. The highest BCUT2D eigenvalue weighted by atomic mass is 16.5. The zero-order chi connectivity index (χ0) is 17.9. The van der Waals surface area contributed by atoms with Gasteiger partial charge in [-0.2, -0.15) is 0 Å². The van der Waals surface area contributed by atoms with Gasteiger partial charge >= 0.3 is 0 Å². The molecular weight excluding hydrogens is 326 g/mol. The van der Waals surface area contributed by atoms with Crippen LogP contribution in [-0.4, -0.2) is 21.6 Å². The summed E-state index contributed by atoms with van der Waals surface area (Å²) in [6.07, 6.45) is 2.13. The molecular formula is C21H17N3O2. The van der Waals surface area contributed by atoms with Crippen LogP contribution in [0.3, 0.4) is 0 Å². The van der Waals surface area contributed by atoms with Crippen LogP contribution in [0.15, 0.2) is 77.7 Å². The molecule has 0 bridgehead atoms. The van der Waals surface area contributed by atoms with E-state index < -0.39 is 0 Å². The number of benzene rings is 2. The van der Waals surface area contributed by atoms with E-state index in [1.165, 1.54) is 0 Å². The molecule has 0 N–H and O–H groups in total. The first kappa shape index (κ1) is 16.0. The van der Waals surface area contributed by atoms with Gasteiger partial charge in [0.15, 0.2) is 5.65 Å². The Morgan fingerprint density at radius 2 is 1.85 bits per heavy atom. The highest BCUT2D eigenvalue weighted by Crippen LogP contribution is 2.19. The minimum atomic E-state index is -0.173. The third kappa shape index (κ3) is 2.95. The molecule has 0 amide bonds. The average Bonchev–Trinajstić information content (AvgIpc) is 2.69. The van der Waals surface area contributed by atoms with Crippen LogP contribution in [-0.2, 0) is 6.42 Å². The van der Waals surface area contributed by atoms with Crippen LogP contribution in [0, 0.1) is 0 Å².